The first-order chi connectivity index (χ1) is 7.20. The maximum atomic E-state index is 11.1. The molecule has 1 aromatic carbocycles. The average Bonchev–Trinajstić information content (AvgIpc) is 2.25. The number of nitrogens with two attached hydrogens (primary N) is 1. The largest absolute Gasteiger partial charge is 0.376 e. The molecule has 0 saturated carbocycles. The summed E-state index contributed by atoms with van der Waals surface area (Å²) < 4.78 is 5.36. The molecule has 0 aliphatic rings. The lowest BCUT2D eigenvalue weighted by molar-refractivity contribution is -0.121. The molecule has 0 amide bonds. The van der Waals surface area contributed by atoms with Crippen molar-refractivity contribution in [1.82, 2.24) is 0 Å². The molecule has 15 heavy (non-hydrogen) atoms. The van der Waals surface area contributed by atoms with Crippen molar-refractivity contribution in [2.24, 2.45) is 5.73 Å². The van der Waals surface area contributed by atoms with Crippen molar-refractivity contribution >= 4 is 5.78 Å². The van der Waals surface area contributed by atoms with Gasteiger partial charge in [-0.2, -0.15) is 0 Å². The summed E-state index contributed by atoms with van der Waals surface area (Å²) in [5.41, 5.74) is 6.54. The predicted octanol–water partition coefficient (Wildman–Crippen LogP) is 1.51. The highest BCUT2D eigenvalue weighted by atomic mass is 16.5. The van der Waals surface area contributed by atoms with E-state index in [4.69, 9.17) is 10.5 Å². The third-order valence-corrected chi connectivity index (χ3v) is 2.11. The number of hydrogen-bond acceptors (Lipinski definition) is 3. The van der Waals surface area contributed by atoms with Crippen LogP contribution in [0.3, 0.4) is 0 Å². The number of carbonyl (C=O) groups excluding carboxylic acids is 1. The second-order valence-corrected chi connectivity index (χ2v) is 3.54. The molecular weight excluding hydrogens is 190 g/mol. The molecule has 0 saturated heterocycles. The van der Waals surface area contributed by atoms with E-state index in [1.165, 1.54) is 0 Å². The molecule has 3 nitrogen and oxygen atoms in total. The monoisotopic (exact) mass is 207 g/mol. The molecule has 0 aromatic heterocycles. The minimum Gasteiger partial charge on any atom is -0.376 e. The van der Waals surface area contributed by atoms with Crippen molar-refractivity contribution in [2.45, 2.75) is 26.0 Å². The number of benzene rings is 1. The molecule has 0 bridgehead atoms. The Morgan fingerprint density at radius 2 is 2.07 bits per heavy atom. The number of rotatable bonds is 6. The van der Waals surface area contributed by atoms with Gasteiger partial charge < -0.3 is 10.5 Å². The van der Waals surface area contributed by atoms with Crippen LogP contribution in [0.5, 0.6) is 0 Å². The fourth-order valence-electron chi connectivity index (χ4n) is 1.16. The van der Waals surface area contributed by atoms with Crippen molar-refractivity contribution < 1.29 is 9.53 Å². The van der Waals surface area contributed by atoms with Crippen LogP contribution in [-0.4, -0.2) is 18.4 Å². The molecule has 0 spiro atoms. The van der Waals surface area contributed by atoms with Crippen LogP contribution in [-0.2, 0) is 16.1 Å². The van der Waals surface area contributed by atoms with Crippen molar-refractivity contribution in [1.29, 1.82) is 0 Å². The summed E-state index contributed by atoms with van der Waals surface area (Å²) in [6.07, 6.45) is 0.393. The van der Waals surface area contributed by atoms with E-state index in [0.717, 1.165) is 5.56 Å². The minimum atomic E-state index is -0.384. The summed E-state index contributed by atoms with van der Waals surface area (Å²) in [5.74, 6) is 0.0445. The molecule has 0 radical (unpaired) electrons. The molecule has 0 fully saturated rings. The lowest BCUT2D eigenvalue weighted by Gasteiger charge is -2.05. The van der Waals surface area contributed by atoms with Gasteiger partial charge in [-0.05, 0) is 12.5 Å². The molecule has 1 rings (SSSR count). The van der Waals surface area contributed by atoms with E-state index >= 15 is 0 Å². The topological polar surface area (TPSA) is 52.3 Å². The lowest BCUT2D eigenvalue weighted by Crippen LogP contribution is -2.27. The van der Waals surface area contributed by atoms with Gasteiger partial charge in [-0.3, -0.25) is 4.79 Å². The number of carbonyl (C=O) groups is 1. The first-order valence-corrected chi connectivity index (χ1v) is 5.10. The number of ether oxygens (including phenoxy) is 1. The SMILES string of the molecule is CC(N)C(=O)CCOCc1ccccc1. The third-order valence-electron chi connectivity index (χ3n) is 2.11. The fourth-order valence-corrected chi connectivity index (χ4v) is 1.16. The molecule has 0 aliphatic carbocycles. The van der Waals surface area contributed by atoms with Gasteiger partial charge in [0.1, 0.15) is 0 Å². The Balaban J connectivity index is 2.15. The number of ketones is 1. The van der Waals surface area contributed by atoms with Crippen molar-refractivity contribution in [3.8, 4) is 0 Å². The second-order valence-electron chi connectivity index (χ2n) is 3.54. The fraction of sp³-hybridized carbons (Fsp3) is 0.417. The van der Waals surface area contributed by atoms with Gasteiger partial charge in [0.25, 0.3) is 0 Å². The molecule has 1 aromatic rings. The van der Waals surface area contributed by atoms with E-state index in [0.29, 0.717) is 19.6 Å². The van der Waals surface area contributed by atoms with E-state index in [-0.39, 0.29) is 11.8 Å². The van der Waals surface area contributed by atoms with Crippen LogP contribution in [0.1, 0.15) is 18.9 Å². The highest BCUT2D eigenvalue weighted by Crippen LogP contribution is 2.01. The smallest absolute Gasteiger partial charge is 0.151 e. The van der Waals surface area contributed by atoms with Crippen molar-refractivity contribution in [3.05, 3.63) is 35.9 Å². The van der Waals surface area contributed by atoms with E-state index < -0.39 is 0 Å². The molecule has 82 valence electrons. The van der Waals surface area contributed by atoms with Crippen LogP contribution in [0.15, 0.2) is 30.3 Å². The predicted molar refractivity (Wildman–Crippen MR) is 59.4 cm³/mol. The standard InChI is InChI=1S/C12H17NO2/c1-10(13)12(14)7-8-15-9-11-5-3-2-4-6-11/h2-6,10H,7-9,13H2,1H3. The lowest BCUT2D eigenvalue weighted by atomic mass is 10.2. The Bertz CT molecular complexity index is 296. The van der Waals surface area contributed by atoms with Gasteiger partial charge in [-0.25, -0.2) is 0 Å². The van der Waals surface area contributed by atoms with Crippen LogP contribution in [0, 0.1) is 0 Å². The van der Waals surface area contributed by atoms with Gasteiger partial charge in [0.15, 0.2) is 5.78 Å². The Labute approximate surface area is 90.2 Å². The van der Waals surface area contributed by atoms with E-state index in [9.17, 15) is 4.79 Å². The normalized spacial score (nSPS) is 12.4. The summed E-state index contributed by atoms with van der Waals surface area (Å²) in [6, 6.07) is 9.49. The zero-order valence-electron chi connectivity index (χ0n) is 8.98. The highest BCUT2D eigenvalue weighted by molar-refractivity contribution is 5.83. The van der Waals surface area contributed by atoms with Gasteiger partial charge >= 0.3 is 0 Å². The minimum absolute atomic E-state index is 0.0445. The molecule has 1 unspecified atom stereocenters. The molecule has 0 heterocycles. The second kappa shape index (κ2) is 6.32. The van der Waals surface area contributed by atoms with E-state index in [1.54, 1.807) is 6.92 Å². The maximum absolute atomic E-state index is 11.1. The molecule has 3 heteroatoms. The van der Waals surface area contributed by atoms with Crippen LogP contribution in [0.25, 0.3) is 0 Å². The Morgan fingerprint density at radius 3 is 2.67 bits per heavy atom. The zero-order chi connectivity index (χ0) is 11.1. The van der Waals surface area contributed by atoms with Crippen LogP contribution in [0.4, 0.5) is 0 Å². The van der Waals surface area contributed by atoms with Gasteiger partial charge in [0.05, 0.1) is 19.3 Å². The molecule has 2 N–H and O–H groups in total. The zero-order valence-corrected chi connectivity index (χ0v) is 8.98. The van der Waals surface area contributed by atoms with Gasteiger partial charge in [0.2, 0.25) is 0 Å². The maximum Gasteiger partial charge on any atom is 0.151 e. The molecular formula is C12H17NO2. The average molecular weight is 207 g/mol. The molecule has 0 aliphatic heterocycles. The summed E-state index contributed by atoms with van der Waals surface area (Å²) in [7, 11) is 0. The van der Waals surface area contributed by atoms with Crippen LogP contribution < -0.4 is 5.73 Å². The number of hydrogen-bond donors (Lipinski definition) is 1. The summed E-state index contributed by atoms with van der Waals surface area (Å²) >= 11 is 0. The Morgan fingerprint density at radius 1 is 1.40 bits per heavy atom. The highest BCUT2D eigenvalue weighted by Gasteiger charge is 2.06. The molecule has 1 atom stereocenters. The Hall–Kier alpha value is -1.19. The van der Waals surface area contributed by atoms with Gasteiger partial charge in [0, 0.05) is 6.42 Å². The summed E-state index contributed by atoms with van der Waals surface area (Å²) in [4.78, 5) is 11.1. The van der Waals surface area contributed by atoms with Gasteiger partial charge in [-0.15, -0.1) is 0 Å². The van der Waals surface area contributed by atoms with Crippen molar-refractivity contribution in [3.63, 3.8) is 0 Å². The van der Waals surface area contributed by atoms with Crippen LogP contribution in [0.2, 0.25) is 0 Å². The third kappa shape index (κ3) is 4.72. The van der Waals surface area contributed by atoms with Crippen molar-refractivity contribution in [2.75, 3.05) is 6.61 Å². The quantitative estimate of drug-likeness (QED) is 0.719. The first-order valence-electron chi connectivity index (χ1n) is 5.10. The van der Waals surface area contributed by atoms with Gasteiger partial charge in [-0.1, -0.05) is 30.3 Å². The van der Waals surface area contributed by atoms with E-state index in [2.05, 4.69) is 0 Å². The van der Waals surface area contributed by atoms with E-state index in [1.807, 2.05) is 30.3 Å². The summed E-state index contributed by atoms with van der Waals surface area (Å²) in [6.45, 7) is 2.68. The Kier molecular flexibility index (Phi) is 5.01. The summed E-state index contributed by atoms with van der Waals surface area (Å²) in [5, 5.41) is 0. The first kappa shape index (κ1) is 11.9. The van der Waals surface area contributed by atoms with Crippen LogP contribution >= 0.6 is 0 Å². The number of Topliss-reactive ketones (excluding diaryl/α,β-unsaturated/α-hetero) is 1.